The molecule has 3 amide bonds. The number of nitrogens with zero attached hydrogens (tertiary/aromatic N) is 5. The molecule has 12 heteroatoms. The van der Waals surface area contributed by atoms with E-state index in [2.05, 4.69) is 34.5 Å². The third-order valence-corrected chi connectivity index (χ3v) is 7.13. The second kappa shape index (κ2) is 13.3. The minimum absolute atomic E-state index is 0.121. The number of alkyl carbamates (subject to hydrolysis) is 1. The number of hydrogen-bond acceptors (Lipinski definition) is 7. The highest BCUT2D eigenvalue weighted by Gasteiger charge is 2.33. The lowest BCUT2D eigenvalue weighted by Crippen LogP contribution is -2.53. The number of amides is 3. The summed E-state index contributed by atoms with van der Waals surface area (Å²) >= 11 is 0. The van der Waals surface area contributed by atoms with Crippen molar-refractivity contribution in [3.63, 3.8) is 0 Å². The molecule has 240 valence electrons. The molecular formula is C32H47N7O5. The molecule has 1 aliphatic heterocycles. The SMILES string of the molecule is CC(C)CC(NC(=O)OC(C)(C)C)c1cn([C@@H](Cc2cc3ccccc3[nH]2)C(=O)N2CCN(C(=O)OC(C)(C)C)CC2)nn1. The van der Waals surface area contributed by atoms with Crippen molar-refractivity contribution in [2.24, 2.45) is 5.92 Å². The van der Waals surface area contributed by atoms with Crippen LogP contribution in [0, 0.1) is 5.92 Å². The van der Waals surface area contributed by atoms with Crippen molar-refractivity contribution >= 4 is 29.0 Å². The fourth-order valence-electron chi connectivity index (χ4n) is 5.17. The molecule has 1 fully saturated rings. The van der Waals surface area contributed by atoms with Crippen molar-refractivity contribution in [3.05, 3.63) is 47.9 Å². The summed E-state index contributed by atoms with van der Waals surface area (Å²) in [6, 6.07) is 8.86. The van der Waals surface area contributed by atoms with Gasteiger partial charge in [-0.1, -0.05) is 37.3 Å². The summed E-state index contributed by atoms with van der Waals surface area (Å²) < 4.78 is 12.6. The van der Waals surface area contributed by atoms with Crippen molar-refractivity contribution in [3.8, 4) is 0 Å². The van der Waals surface area contributed by atoms with Gasteiger partial charge in [-0.3, -0.25) is 4.79 Å². The molecule has 0 spiro atoms. The largest absolute Gasteiger partial charge is 0.444 e. The molecule has 2 atom stereocenters. The second-order valence-corrected chi connectivity index (χ2v) is 13.8. The normalized spacial score (nSPS) is 15.8. The minimum atomic E-state index is -0.696. The van der Waals surface area contributed by atoms with E-state index in [1.54, 1.807) is 20.7 Å². The third kappa shape index (κ3) is 8.96. The summed E-state index contributed by atoms with van der Waals surface area (Å²) in [5.41, 5.74) is 1.19. The Labute approximate surface area is 259 Å². The molecule has 1 aliphatic rings. The van der Waals surface area contributed by atoms with Gasteiger partial charge in [0.05, 0.1) is 12.2 Å². The second-order valence-electron chi connectivity index (χ2n) is 13.8. The molecule has 12 nitrogen and oxygen atoms in total. The van der Waals surface area contributed by atoms with Crippen LogP contribution in [0.1, 0.15) is 85.3 Å². The molecule has 44 heavy (non-hydrogen) atoms. The lowest BCUT2D eigenvalue weighted by Gasteiger charge is -2.36. The Morgan fingerprint density at radius 2 is 1.59 bits per heavy atom. The van der Waals surface area contributed by atoms with E-state index >= 15 is 0 Å². The summed E-state index contributed by atoms with van der Waals surface area (Å²) in [6.07, 6.45) is 1.80. The predicted octanol–water partition coefficient (Wildman–Crippen LogP) is 5.23. The molecule has 0 saturated carbocycles. The van der Waals surface area contributed by atoms with Gasteiger partial charge in [0.15, 0.2) is 0 Å². The first kappa shape index (κ1) is 32.8. The van der Waals surface area contributed by atoms with Crippen molar-refractivity contribution in [1.29, 1.82) is 0 Å². The Morgan fingerprint density at radius 1 is 0.955 bits per heavy atom. The van der Waals surface area contributed by atoms with E-state index < -0.39 is 29.4 Å². The number of aromatic nitrogens is 4. The van der Waals surface area contributed by atoms with E-state index in [1.807, 2.05) is 71.9 Å². The van der Waals surface area contributed by atoms with Crippen LogP contribution in [0.15, 0.2) is 36.5 Å². The van der Waals surface area contributed by atoms with Crippen molar-refractivity contribution in [2.45, 2.75) is 91.5 Å². The van der Waals surface area contributed by atoms with Crippen LogP contribution in [0.2, 0.25) is 0 Å². The van der Waals surface area contributed by atoms with Crippen LogP contribution in [0.3, 0.4) is 0 Å². The number of para-hydroxylation sites is 1. The maximum Gasteiger partial charge on any atom is 0.410 e. The molecule has 1 unspecified atom stereocenters. The van der Waals surface area contributed by atoms with E-state index in [-0.39, 0.29) is 17.9 Å². The van der Waals surface area contributed by atoms with Crippen molar-refractivity contribution in [1.82, 2.24) is 35.1 Å². The third-order valence-electron chi connectivity index (χ3n) is 7.13. The Hall–Kier alpha value is -4.09. The zero-order valence-corrected chi connectivity index (χ0v) is 27.2. The van der Waals surface area contributed by atoms with Gasteiger partial charge in [-0.15, -0.1) is 5.10 Å². The highest BCUT2D eigenvalue weighted by atomic mass is 16.6. The molecule has 0 radical (unpaired) electrons. The zero-order chi connectivity index (χ0) is 32.2. The monoisotopic (exact) mass is 609 g/mol. The summed E-state index contributed by atoms with van der Waals surface area (Å²) in [7, 11) is 0. The first-order chi connectivity index (χ1) is 20.6. The maximum absolute atomic E-state index is 14.1. The van der Waals surface area contributed by atoms with Gasteiger partial charge in [0.25, 0.3) is 0 Å². The van der Waals surface area contributed by atoms with E-state index in [9.17, 15) is 14.4 Å². The number of piperazine rings is 1. The summed E-state index contributed by atoms with van der Waals surface area (Å²) in [6.45, 7) is 16.6. The van der Waals surface area contributed by atoms with Crippen molar-refractivity contribution in [2.75, 3.05) is 26.2 Å². The summed E-state index contributed by atoms with van der Waals surface area (Å²) in [5, 5.41) is 12.8. The fraction of sp³-hybridized carbons (Fsp3) is 0.594. The van der Waals surface area contributed by atoms with Gasteiger partial charge in [-0.25, -0.2) is 14.3 Å². The zero-order valence-electron chi connectivity index (χ0n) is 27.2. The smallest absolute Gasteiger partial charge is 0.410 e. The molecule has 0 bridgehead atoms. The average molecular weight is 610 g/mol. The Morgan fingerprint density at radius 3 is 2.20 bits per heavy atom. The van der Waals surface area contributed by atoms with Crippen LogP contribution < -0.4 is 5.32 Å². The molecule has 1 saturated heterocycles. The fourth-order valence-corrected chi connectivity index (χ4v) is 5.17. The van der Waals surface area contributed by atoms with Crippen LogP contribution in [0.5, 0.6) is 0 Å². The maximum atomic E-state index is 14.1. The first-order valence-corrected chi connectivity index (χ1v) is 15.3. The van der Waals surface area contributed by atoms with Crippen LogP contribution in [0.4, 0.5) is 9.59 Å². The van der Waals surface area contributed by atoms with E-state index in [0.29, 0.717) is 44.7 Å². The molecule has 3 heterocycles. The first-order valence-electron chi connectivity index (χ1n) is 15.3. The number of nitrogens with one attached hydrogen (secondary N) is 2. The molecule has 2 aromatic heterocycles. The topological polar surface area (TPSA) is 135 Å². The number of H-pyrrole nitrogens is 1. The average Bonchev–Trinajstić information content (AvgIpc) is 3.56. The van der Waals surface area contributed by atoms with Crippen molar-refractivity contribution < 1.29 is 23.9 Å². The highest BCUT2D eigenvalue weighted by molar-refractivity contribution is 5.83. The van der Waals surface area contributed by atoms with Crippen LogP contribution in [-0.4, -0.2) is 85.3 Å². The number of rotatable bonds is 8. The van der Waals surface area contributed by atoms with Crippen LogP contribution in [-0.2, 0) is 20.7 Å². The Bertz CT molecular complexity index is 1410. The van der Waals surface area contributed by atoms with Gasteiger partial charge >= 0.3 is 12.2 Å². The Kier molecular flexibility index (Phi) is 9.90. The van der Waals surface area contributed by atoms with E-state index in [1.165, 1.54) is 0 Å². The van der Waals surface area contributed by atoms with Gasteiger partial charge in [0, 0.05) is 43.8 Å². The standard InChI is InChI=1S/C32H47N7O5/c1-21(2)17-25(34-29(41)43-31(3,4)5)26-20-39(36-35-26)27(19-23-18-22-11-9-10-12-24(22)33-23)28(40)37-13-15-38(16-14-37)30(42)44-32(6,7)8/h9-12,18,20-21,25,27,33H,13-17,19H2,1-8H3,(H,34,41)/t25?,27-/m0/s1. The highest BCUT2D eigenvalue weighted by Crippen LogP contribution is 2.25. The van der Waals surface area contributed by atoms with E-state index in [0.717, 1.165) is 16.6 Å². The molecule has 0 aliphatic carbocycles. The molecule has 1 aromatic carbocycles. The number of carbonyl (C=O) groups excluding carboxylic acids is 3. The molecule has 3 aromatic rings. The minimum Gasteiger partial charge on any atom is -0.444 e. The predicted molar refractivity (Wildman–Crippen MR) is 167 cm³/mol. The van der Waals surface area contributed by atoms with Gasteiger partial charge in [0.2, 0.25) is 5.91 Å². The van der Waals surface area contributed by atoms with E-state index in [4.69, 9.17) is 9.47 Å². The lowest BCUT2D eigenvalue weighted by molar-refractivity contribution is -0.137. The quantitative estimate of drug-likeness (QED) is 0.357. The Balaban J connectivity index is 1.57. The number of fused-ring (bicyclic) bond motifs is 1. The lowest BCUT2D eigenvalue weighted by atomic mass is 10.0. The van der Waals surface area contributed by atoms with Gasteiger partial charge in [-0.2, -0.15) is 0 Å². The number of carbonyl (C=O) groups is 3. The number of aromatic amines is 1. The number of hydrogen-bond donors (Lipinski definition) is 2. The number of benzene rings is 1. The number of ether oxygens (including phenoxy) is 2. The molecule has 4 rings (SSSR count). The van der Waals surface area contributed by atoms with Gasteiger partial charge in [-0.05, 0) is 71.4 Å². The van der Waals surface area contributed by atoms with Gasteiger partial charge in [0.1, 0.15) is 22.9 Å². The molecule has 2 N–H and O–H groups in total. The summed E-state index contributed by atoms with van der Waals surface area (Å²) in [5.74, 6) is 0.134. The summed E-state index contributed by atoms with van der Waals surface area (Å²) in [4.78, 5) is 46.2. The van der Waals surface area contributed by atoms with Gasteiger partial charge < -0.3 is 29.6 Å². The molecular weight excluding hydrogens is 562 g/mol. The van der Waals surface area contributed by atoms with Crippen LogP contribution >= 0.6 is 0 Å². The van der Waals surface area contributed by atoms with Crippen LogP contribution in [0.25, 0.3) is 10.9 Å².